The van der Waals surface area contributed by atoms with Crippen molar-refractivity contribution in [3.63, 3.8) is 0 Å². The number of ether oxygens (including phenoxy) is 1. The quantitative estimate of drug-likeness (QED) is 0.734. The number of carbonyl (C=O) groups excluding carboxylic acids is 1. The highest BCUT2D eigenvalue weighted by Gasteiger charge is 2.38. The summed E-state index contributed by atoms with van der Waals surface area (Å²) in [6.07, 6.45) is 2.88. The van der Waals surface area contributed by atoms with E-state index in [2.05, 4.69) is 27.3 Å². The van der Waals surface area contributed by atoms with Crippen molar-refractivity contribution in [3.05, 3.63) is 35.0 Å². The minimum Gasteiger partial charge on any atom is -0.371 e. The van der Waals surface area contributed by atoms with Crippen LogP contribution in [0.25, 0.3) is 0 Å². The molecule has 2 N–H and O–H groups in total. The Morgan fingerprint density at radius 3 is 3.03 bits per heavy atom. The van der Waals surface area contributed by atoms with Crippen molar-refractivity contribution < 1.29 is 14.6 Å². The van der Waals surface area contributed by atoms with Crippen molar-refractivity contribution in [1.29, 1.82) is 0 Å². The number of aliphatic hydroxyl groups excluding tert-OH is 1. The highest BCUT2D eigenvalue weighted by atomic mass is 16.5. The van der Waals surface area contributed by atoms with Crippen LogP contribution < -0.4 is 10.2 Å². The Kier molecular flexibility index (Phi) is 5.14. The van der Waals surface area contributed by atoms with Crippen molar-refractivity contribution in [1.82, 2.24) is 25.1 Å². The van der Waals surface area contributed by atoms with Crippen LogP contribution in [0.5, 0.6) is 0 Å². The molecule has 29 heavy (non-hydrogen) atoms. The molecule has 2 unspecified atom stereocenters. The number of anilines is 1. The number of aromatic nitrogens is 4. The van der Waals surface area contributed by atoms with Crippen LogP contribution in [0.2, 0.25) is 0 Å². The first kappa shape index (κ1) is 19.9. The molecule has 2 aliphatic heterocycles. The minimum atomic E-state index is -1.15. The van der Waals surface area contributed by atoms with Gasteiger partial charge in [0.2, 0.25) is 5.91 Å². The number of nitrogens with zero attached hydrogens (tertiary/aromatic N) is 5. The lowest BCUT2D eigenvalue weighted by Crippen LogP contribution is -2.46. The molecule has 2 aromatic heterocycles. The van der Waals surface area contributed by atoms with E-state index in [-0.39, 0.29) is 11.7 Å². The number of amides is 1. The fraction of sp³-hybridized carbons (Fsp3) is 0.600. The normalized spacial score (nSPS) is 24.9. The maximum Gasteiger partial charge on any atom is 0.245 e. The number of rotatable bonds is 5. The van der Waals surface area contributed by atoms with E-state index in [1.165, 1.54) is 0 Å². The third-order valence-corrected chi connectivity index (χ3v) is 5.74. The summed E-state index contributed by atoms with van der Waals surface area (Å²) in [5.41, 5.74) is 2.18. The van der Waals surface area contributed by atoms with E-state index >= 15 is 0 Å². The van der Waals surface area contributed by atoms with Gasteiger partial charge in [-0.2, -0.15) is 5.10 Å². The molecule has 2 aliphatic rings. The number of hydrogen-bond donors (Lipinski definition) is 2. The SMILES string of the molecule is CCCC1(C)OCc2cnc(C(O)N[C@H]3CCn4nc(C)cc4N(C)C3=O)nc21. The maximum atomic E-state index is 12.9. The van der Waals surface area contributed by atoms with Crippen LogP contribution in [0.4, 0.5) is 5.82 Å². The molecule has 0 fully saturated rings. The van der Waals surface area contributed by atoms with E-state index in [1.807, 2.05) is 24.6 Å². The van der Waals surface area contributed by atoms with Crippen LogP contribution in [0.1, 0.15) is 62.1 Å². The monoisotopic (exact) mass is 400 g/mol. The van der Waals surface area contributed by atoms with Crippen LogP contribution in [0.3, 0.4) is 0 Å². The Hall–Kier alpha value is -2.36. The van der Waals surface area contributed by atoms with Crippen molar-refractivity contribution in [2.75, 3.05) is 11.9 Å². The molecule has 0 radical (unpaired) electrons. The second-order valence-corrected chi connectivity index (χ2v) is 8.05. The van der Waals surface area contributed by atoms with E-state index in [4.69, 9.17) is 4.74 Å². The van der Waals surface area contributed by atoms with E-state index in [1.54, 1.807) is 18.1 Å². The summed E-state index contributed by atoms with van der Waals surface area (Å²) < 4.78 is 7.77. The highest BCUT2D eigenvalue weighted by Crippen LogP contribution is 2.38. The topological polar surface area (TPSA) is 105 Å². The minimum absolute atomic E-state index is 0.122. The van der Waals surface area contributed by atoms with E-state index in [0.717, 1.165) is 35.6 Å². The van der Waals surface area contributed by atoms with Crippen LogP contribution in [0, 0.1) is 6.92 Å². The van der Waals surface area contributed by atoms with Gasteiger partial charge in [0.1, 0.15) is 11.4 Å². The molecule has 0 saturated carbocycles. The number of hydrogen-bond acceptors (Lipinski definition) is 7. The second-order valence-electron chi connectivity index (χ2n) is 8.05. The van der Waals surface area contributed by atoms with E-state index in [9.17, 15) is 9.90 Å². The highest BCUT2D eigenvalue weighted by molar-refractivity contribution is 5.96. The van der Waals surface area contributed by atoms with Gasteiger partial charge >= 0.3 is 0 Å². The van der Waals surface area contributed by atoms with Gasteiger partial charge in [0.15, 0.2) is 12.1 Å². The van der Waals surface area contributed by atoms with Gasteiger partial charge in [0, 0.05) is 31.4 Å². The maximum absolute atomic E-state index is 12.9. The first-order valence-corrected chi connectivity index (χ1v) is 10.1. The lowest BCUT2D eigenvalue weighted by atomic mass is 9.95. The summed E-state index contributed by atoms with van der Waals surface area (Å²) >= 11 is 0. The summed E-state index contributed by atoms with van der Waals surface area (Å²) in [7, 11) is 1.72. The van der Waals surface area contributed by atoms with Crippen LogP contribution in [0.15, 0.2) is 12.3 Å². The molecule has 4 heterocycles. The zero-order valence-corrected chi connectivity index (χ0v) is 17.3. The van der Waals surface area contributed by atoms with E-state index < -0.39 is 17.9 Å². The van der Waals surface area contributed by atoms with Crippen molar-refractivity contribution in [3.8, 4) is 0 Å². The number of nitrogens with one attached hydrogen (secondary N) is 1. The number of aliphatic hydroxyl groups is 1. The lowest BCUT2D eigenvalue weighted by molar-refractivity contribution is -0.121. The molecule has 0 aromatic carbocycles. The van der Waals surface area contributed by atoms with Gasteiger partial charge in [-0.25, -0.2) is 14.6 Å². The molecule has 156 valence electrons. The average Bonchev–Trinajstić information content (AvgIpc) is 3.21. The van der Waals surface area contributed by atoms with Crippen molar-refractivity contribution in [2.24, 2.45) is 0 Å². The fourth-order valence-electron chi connectivity index (χ4n) is 4.20. The zero-order chi connectivity index (χ0) is 20.8. The number of aryl methyl sites for hydroxylation is 2. The van der Waals surface area contributed by atoms with Gasteiger partial charge in [-0.15, -0.1) is 0 Å². The van der Waals surface area contributed by atoms with Gasteiger partial charge in [-0.05, 0) is 26.7 Å². The molecule has 0 bridgehead atoms. The molecule has 1 amide bonds. The fourth-order valence-corrected chi connectivity index (χ4v) is 4.20. The smallest absolute Gasteiger partial charge is 0.245 e. The van der Waals surface area contributed by atoms with Gasteiger partial charge in [0.05, 0.1) is 24.0 Å². The lowest BCUT2D eigenvalue weighted by Gasteiger charge is -2.25. The molecule has 3 atom stereocenters. The van der Waals surface area contributed by atoms with E-state index in [0.29, 0.717) is 19.6 Å². The van der Waals surface area contributed by atoms with Gasteiger partial charge < -0.3 is 9.84 Å². The van der Waals surface area contributed by atoms with Crippen molar-refractivity contribution >= 4 is 11.7 Å². The Labute approximate surface area is 170 Å². The standard InChI is InChI=1S/C20H28N6O3/c1-5-7-20(3)16-13(11-29-20)10-21-17(23-16)18(27)22-14-6-8-26-15(9-12(2)24-26)25(4)19(14)28/h9-10,14,18,22,27H,5-8,11H2,1-4H3/t14-,18?,20?/m0/s1. The van der Waals surface area contributed by atoms with Crippen molar-refractivity contribution in [2.45, 2.75) is 71.1 Å². The second kappa shape index (κ2) is 7.47. The third-order valence-electron chi connectivity index (χ3n) is 5.74. The first-order valence-electron chi connectivity index (χ1n) is 10.1. The van der Waals surface area contributed by atoms with Gasteiger partial charge in [-0.3, -0.25) is 15.0 Å². The molecule has 2 aromatic rings. The summed E-state index contributed by atoms with van der Waals surface area (Å²) in [4.78, 5) is 23.4. The Morgan fingerprint density at radius 2 is 2.28 bits per heavy atom. The summed E-state index contributed by atoms with van der Waals surface area (Å²) in [5, 5.41) is 18.2. The largest absolute Gasteiger partial charge is 0.371 e. The summed E-state index contributed by atoms with van der Waals surface area (Å²) in [6.45, 7) is 7.09. The Balaban J connectivity index is 1.52. The molecule has 9 heteroatoms. The van der Waals surface area contributed by atoms with Crippen LogP contribution >= 0.6 is 0 Å². The predicted molar refractivity (Wildman–Crippen MR) is 106 cm³/mol. The molecule has 9 nitrogen and oxygen atoms in total. The number of likely N-dealkylation sites (N-methyl/N-ethyl adjacent to an activating group) is 1. The zero-order valence-electron chi connectivity index (χ0n) is 17.3. The van der Waals surface area contributed by atoms with Gasteiger partial charge in [0.25, 0.3) is 0 Å². The number of fused-ring (bicyclic) bond motifs is 2. The van der Waals surface area contributed by atoms with Crippen LogP contribution in [-0.2, 0) is 28.3 Å². The summed E-state index contributed by atoms with van der Waals surface area (Å²) in [6, 6.07) is 1.32. The Morgan fingerprint density at radius 1 is 1.48 bits per heavy atom. The van der Waals surface area contributed by atoms with Crippen LogP contribution in [-0.4, -0.2) is 43.9 Å². The molecule has 0 spiro atoms. The molecule has 0 aliphatic carbocycles. The molecular weight excluding hydrogens is 372 g/mol. The Bertz CT molecular complexity index is 925. The average molecular weight is 400 g/mol. The molecule has 4 rings (SSSR count). The molecular formula is C20H28N6O3. The molecule has 0 saturated heterocycles. The van der Waals surface area contributed by atoms with Gasteiger partial charge in [-0.1, -0.05) is 13.3 Å². The summed E-state index contributed by atoms with van der Waals surface area (Å²) in [5.74, 6) is 0.889. The third kappa shape index (κ3) is 3.54. The first-order chi connectivity index (χ1) is 13.8. The predicted octanol–water partition coefficient (Wildman–Crippen LogP) is 1.54. The number of carbonyl (C=O) groups is 1.